The molecule has 1 heterocycles. The Kier molecular flexibility index (Phi) is 4.51. The maximum atomic E-state index is 12.5. The molecule has 0 saturated carbocycles. The number of benzene rings is 2. The number of nitrogens with zero attached hydrogens (tertiary/aromatic N) is 1. The Hall–Kier alpha value is -2.82. The van der Waals surface area contributed by atoms with Crippen molar-refractivity contribution in [2.45, 2.75) is 12.5 Å². The van der Waals surface area contributed by atoms with Crippen molar-refractivity contribution in [2.75, 3.05) is 19.1 Å². The first kappa shape index (κ1) is 16.1. The Labute approximate surface area is 140 Å². The summed E-state index contributed by atoms with van der Waals surface area (Å²) in [4.78, 5) is 25.2. The maximum absolute atomic E-state index is 12.5. The number of carbonyl (C=O) groups is 2. The highest BCUT2D eigenvalue weighted by Gasteiger charge is 2.48. The summed E-state index contributed by atoms with van der Waals surface area (Å²) in [6, 6.07) is 14.8. The van der Waals surface area contributed by atoms with Crippen LogP contribution in [0.25, 0.3) is 0 Å². The fraction of sp³-hybridized carbons (Fsp3) is 0.263. The van der Waals surface area contributed by atoms with Crippen molar-refractivity contribution in [2.24, 2.45) is 5.92 Å². The van der Waals surface area contributed by atoms with Gasteiger partial charge in [0.1, 0.15) is 17.8 Å². The second-order valence-corrected chi connectivity index (χ2v) is 5.63. The van der Waals surface area contributed by atoms with E-state index in [0.29, 0.717) is 0 Å². The first-order valence-electron chi connectivity index (χ1n) is 7.74. The summed E-state index contributed by atoms with van der Waals surface area (Å²) in [6.45, 7) is 0. The molecule has 1 aliphatic rings. The van der Waals surface area contributed by atoms with Gasteiger partial charge in [-0.15, -0.1) is 0 Å². The summed E-state index contributed by atoms with van der Waals surface area (Å²) < 4.78 is 10.3. The highest BCUT2D eigenvalue weighted by molar-refractivity contribution is 6.04. The Morgan fingerprint density at radius 2 is 1.50 bits per heavy atom. The second-order valence-electron chi connectivity index (χ2n) is 5.63. The van der Waals surface area contributed by atoms with Gasteiger partial charge >= 0.3 is 0 Å². The molecule has 1 amide bonds. The van der Waals surface area contributed by atoms with Crippen LogP contribution >= 0.6 is 0 Å². The van der Waals surface area contributed by atoms with Crippen LogP contribution in [0.5, 0.6) is 11.5 Å². The van der Waals surface area contributed by atoms with Crippen LogP contribution < -0.4 is 14.4 Å². The van der Waals surface area contributed by atoms with Gasteiger partial charge < -0.3 is 19.2 Å². The number of amides is 1. The summed E-state index contributed by atoms with van der Waals surface area (Å²) in [5.74, 6) is 1.13. The van der Waals surface area contributed by atoms with Crippen molar-refractivity contribution in [3.8, 4) is 11.5 Å². The van der Waals surface area contributed by atoms with E-state index >= 15 is 0 Å². The summed E-state index contributed by atoms with van der Waals surface area (Å²) in [6.07, 6.45) is 1.03. The first-order chi connectivity index (χ1) is 11.7. The van der Waals surface area contributed by atoms with Crippen LogP contribution in [0.4, 0.5) is 5.69 Å². The van der Waals surface area contributed by atoms with Gasteiger partial charge in [0.05, 0.1) is 26.2 Å². The minimum Gasteiger partial charge on any atom is -0.497 e. The van der Waals surface area contributed by atoms with Gasteiger partial charge in [-0.1, -0.05) is 12.1 Å². The van der Waals surface area contributed by atoms with E-state index in [4.69, 9.17) is 9.47 Å². The molecule has 2 aromatic carbocycles. The molecule has 0 radical (unpaired) electrons. The molecule has 1 aliphatic heterocycles. The van der Waals surface area contributed by atoms with Gasteiger partial charge in [0.15, 0.2) is 0 Å². The molecule has 1 saturated heterocycles. The minimum atomic E-state index is -0.321. The van der Waals surface area contributed by atoms with Crippen LogP contribution in [0.15, 0.2) is 48.5 Å². The zero-order valence-corrected chi connectivity index (χ0v) is 13.6. The average molecular weight is 325 g/mol. The molecular weight excluding hydrogens is 306 g/mol. The average Bonchev–Trinajstić information content (AvgIpc) is 2.64. The van der Waals surface area contributed by atoms with Crippen molar-refractivity contribution in [1.29, 1.82) is 0 Å². The third-order valence-electron chi connectivity index (χ3n) is 4.37. The van der Waals surface area contributed by atoms with E-state index < -0.39 is 0 Å². The number of aldehydes is 1. The topological polar surface area (TPSA) is 55.8 Å². The predicted molar refractivity (Wildman–Crippen MR) is 90.4 cm³/mol. The maximum Gasteiger partial charge on any atom is 0.233 e. The quantitative estimate of drug-likeness (QED) is 0.605. The SMILES string of the molecule is COc1ccc([C@H]2[C@H](CC=O)C(=O)N2c2ccc(OC)cc2)cc1. The van der Waals surface area contributed by atoms with Gasteiger partial charge in [-0.05, 0) is 42.0 Å². The number of hydrogen-bond donors (Lipinski definition) is 0. The molecule has 0 aromatic heterocycles. The standard InChI is InChI=1S/C19H19NO4/c1-23-15-7-3-13(4-8-15)18-17(11-12-21)19(22)20(18)14-5-9-16(24-2)10-6-14/h3-10,12,17-18H,11H2,1-2H3/t17-,18-/m0/s1. The molecule has 0 bridgehead atoms. The highest BCUT2D eigenvalue weighted by atomic mass is 16.5. The molecule has 3 rings (SSSR count). The molecule has 5 heteroatoms. The molecule has 24 heavy (non-hydrogen) atoms. The van der Waals surface area contributed by atoms with E-state index in [1.54, 1.807) is 19.1 Å². The molecule has 2 atom stereocenters. The zero-order valence-electron chi connectivity index (χ0n) is 13.6. The predicted octanol–water partition coefficient (Wildman–Crippen LogP) is 3.00. The number of carbonyl (C=O) groups excluding carboxylic acids is 2. The van der Waals surface area contributed by atoms with Crippen molar-refractivity contribution in [3.05, 3.63) is 54.1 Å². The number of anilines is 1. The van der Waals surface area contributed by atoms with E-state index in [1.165, 1.54) is 0 Å². The van der Waals surface area contributed by atoms with Crippen molar-refractivity contribution in [3.63, 3.8) is 0 Å². The number of rotatable bonds is 6. The third kappa shape index (κ3) is 2.73. The Morgan fingerprint density at radius 3 is 2.00 bits per heavy atom. The lowest BCUT2D eigenvalue weighted by Crippen LogP contribution is -2.55. The molecule has 0 N–H and O–H groups in total. The van der Waals surface area contributed by atoms with Gasteiger partial charge in [0, 0.05) is 12.1 Å². The summed E-state index contributed by atoms with van der Waals surface area (Å²) in [7, 11) is 3.21. The minimum absolute atomic E-state index is 0.0342. The van der Waals surface area contributed by atoms with Crippen LogP contribution in [0, 0.1) is 5.92 Å². The monoisotopic (exact) mass is 325 g/mol. The summed E-state index contributed by atoms with van der Waals surface area (Å²) in [5.41, 5.74) is 1.78. The van der Waals surface area contributed by atoms with Crippen molar-refractivity contribution < 1.29 is 19.1 Å². The molecule has 2 aromatic rings. The first-order valence-corrected chi connectivity index (χ1v) is 7.74. The van der Waals surface area contributed by atoms with E-state index in [2.05, 4.69) is 0 Å². The van der Waals surface area contributed by atoms with E-state index in [-0.39, 0.29) is 24.3 Å². The van der Waals surface area contributed by atoms with Crippen LogP contribution in [0.2, 0.25) is 0 Å². The smallest absolute Gasteiger partial charge is 0.233 e. The summed E-state index contributed by atoms with van der Waals surface area (Å²) in [5, 5.41) is 0. The van der Waals surface area contributed by atoms with Crippen LogP contribution in [0.3, 0.4) is 0 Å². The van der Waals surface area contributed by atoms with Gasteiger partial charge in [0.25, 0.3) is 0 Å². The van der Waals surface area contributed by atoms with Crippen LogP contribution in [-0.4, -0.2) is 26.4 Å². The Balaban J connectivity index is 1.93. The van der Waals surface area contributed by atoms with Crippen LogP contribution in [-0.2, 0) is 9.59 Å². The Bertz CT molecular complexity index is 724. The highest BCUT2D eigenvalue weighted by Crippen LogP contribution is 2.45. The van der Waals surface area contributed by atoms with Crippen LogP contribution in [0.1, 0.15) is 18.0 Å². The number of hydrogen-bond acceptors (Lipinski definition) is 4. The molecule has 1 fully saturated rings. The Morgan fingerprint density at radius 1 is 0.958 bits per heavy atom. The lowest BCUT2D eigenvalue weighted by molar-refractivity contribution is -0.132. The molecule has 124 valence electrons. The van der Waals surface area contributed by atoms with Gasteiger partial charge in [-0.25, -0.2) is 0 Å². The lowest BCUT2D eigenvalue weighted by atomic mass is 9.80. The number of β-lactam (4-membered cyclic amide) rings is 1. The number of methoxy groups -OCH3 is 2. The molecule has 5 nitrogen and oxygen atoms in total. The van der Waals surface area contributed by atoms with E-state index in [1.807, 2.05) is 48.5 Å². The van der Waals surface area contributed by atoms with Gasteiger partial charge in [0.2, 0.25) is 5.91 Å². The fourth-order valence-electron chi connectivity index (χ4n) is 3.10. The largest absolute Gasteiger partial charge is 0.497 e. The molecular formula is C19H19NO4. The molecule has 0 aliphatic carbocycles. The van der Waals surface area contributed by atoms with Crippen molar-refractivity contribution in [1.82, 2.24) is 0 Å². The molecule has 0 unspecified atom stereocenters. The fourth-order valence-corrected chi connectivity index (χ4v) is 3.10. The number of ether oxygens (including phenoxy) is 2. The lowest BCUT2D eigenvalue weighted by Gasteiger charge is -2.47. The van der Waals surface area contributed by atoms with Gasteiger partial charge in [-0.3, -0.25) is 4.79 Å². The molecule has 0 spiro atoms. The van der Waals surface area contributed by atoms with E-state index in [0.717, 1.165) is 29.0 Å². The second kappa shape index (κ2) is 6.74. The normalized spacial score (nSPS) is 19.6. The van der Waals surface area contributed by atoms with E-state index in [9.17, 15) is 9.59 Å². The van der Waals surface area contributed by atoms with Gasteiger partial charge in [-0.2, -0.15) is 0 Å². The third-order valence-corrected chi connectivity index (χ3v) is 4.37. The van der Waals surface area contributed by atoms with Crippen molar-refractivity contribution >= 4 is 17.9 Å². The summed E-state index contributed by atoms with van der Waals surface area (Å²) >= 11 is 0. The zero-order chi connectivity index (χ0) is 17.1.